The molecular weight excluding hydrogens is 382 g/mol. The number of β-amino-alcohol motifs (C(OH)–C–C–N with tert-alkyl or cyclic N) is 1. The summed E-state index contributed by atoms with van der Waals surface area (Å²) in [7, 11) is 0.796. The molecule has 2 fully saturated rings. The number of benzene rings is 1. The third-order valence-corrected chi connectivity index (χ3v) is 5.52. The van der Waals surface area contributed by atoms with Gasteiger partial charge in [0.1, 0.15) is 5.75 Å². The van der Waals surface area contributed by atoms with Crippen molar-refractivity contribution < 1.29 is 24.0 Å². The number of carboxylic acid groups (broad SMARTS) is 1. The van der Waals surface area contributed by atoms with Crippen LogP contribution in [0.4, 0.5) is 4.79 Å². The Bertz CT molecular complexity index is 565. The van der Waals surface area contributed by atoms with Gasteiger partial charge in [-0.3, -0.25) is 0 Å². The molecule has 3 rings (SSSR count). The first-order chi connectivity index (χ1) is 12.9. The summed E-state index contributed by atoms with van der Waals surface area (Å²) < 4.78 is 17.9. The zero-order valence-corrected chi connectivity index (χ0v) is 16.8. The number of rotatable bonds is 4. The van der Waals surface area contributed by atoms with E-state index in [2.05, 4.69) is 17.6 Å². The van der Waals surface area contributed by atoms with E-state index in [9.17, 15) is 9.00 Å². The number of ether oxygens (including phenoxy) is 1. The van der Waals surface area contributed by atoms with Crippen LogP contribution in [-0.4, -0.2) is 76.5 Å². The number of methoxy groups -OCH3 is 1. The van der Waals surface area contributed by atoms with Gasteiger partial charge in [-0.25, -0.2) is 13.3 Å². The predicted octanol–water partition coefficient (Wildman–Crippen LogP) is 1.60. The second kappa shape index (κ2) is 15.3. The maximum atomic E-state index is 11.1. The molecule has 4 N–H and O–H groups in total. The first-order valence-electron chi connectivity index (χ1n) is 9.02. The third-order valence-electron chi connectivity index (χ3n) is 3.94. The summed E-state index contributed by atoms with van der Waals surface area (Å²) in [4.78, 5) is 10.0. The number of aryl methyl sites for hydroxylation is 1. The zero-order valence-electron chi connectivity index (χ0n) is 16.0. The molecule has 0 spiro atoms. The fraction of sp³-hybridized carbons (Fsp3) is 0.632. The van der Waals surface area contributed by atoms with Crippen molar-refractivity contribution in [2.75, 3.05) is 45.6 Å². The fourth-order valence-electron chi connectivity index (χ4n) is 2.41. The Morgan fingerprint density at radius 2 is 2.07 bits per heavy atom. The van der Waals surface area contributed by atoms with E-state index in [4.69, 9.17) is 14.9 Å². The van der Waals surface area contributed by atoms with Gasteiger partial charge in [0, 0.05) is 31.9 Å². The SMILES string of the molecule is C.COc1ccc(C)cc1.O=C(O)NCCN1CCCS1=O.OC1CCNC1. The van der Waals surface area contributed by atoms with Gasteiger partial charge in [-0.05, 0) is 38.4 Å². The van der Waals surface area contributed by atoms with Crippen molar-refractivity contribution in [1.82, 2.24) is 14.9 Å². The molecule has 1 aromatic carbocycles. The lowest BCUT2D eigenvalue weighted by Gasteiger charge is -2.12. The molecule has 0 bridgehead atoms. The Labute approximate surface area is 170 Å². The first kappa shape index (κ1) is 26.3. The van der Waals surface area contributed by atoms with Crippen LogP contribution in [0.5, 0.6) is 5.75 Å². The van der Waals surface area contributed by atoms with Gasteiger partial charge in [-0.2, -0.15) is 0 Å². The van der Waals surface area contributed by atoms with E-state index in [0.29, 0.717) is 18.8 Å². The number of nitrogens with zero attached hydrogens (tertiary/aromatic N) is 1. The maximum Gasteiger partial charge on any atom is 0.404 e. The molecule has 2 saturated heterocycles. The summed E-state index contributed by atoms with van der Waals surface area (Å²) in [5.74, 6) is 1.63. The van der Waals surface area contributed by atoms with Crippen molar-refractivity contribution in [1.29, 1.82) is 0 Å². The van der Waals surface area contributed by atoms with E-state index in [1.807, 2.05) is 24.3 Å². The normalized spacial score (nSPS) is 20.7. The van der Waals surface area contributed by atoms with E-state index < -0.39 is 17.1 Å². The van der Waals surface area contributed by atoms with Gasteiger partial charge >= 0.3 is 6.09 Å². The molecule has 2 heterocycles. The standard InChI is InChI=1S/C8H10O.C6H12N2O3S.C4H9NO.CH4/c1-7-3-5-8(9-2)6-4-7;9-6(10)7-2-4-8-3-1-5-12(8)11;6-4-1-2-5-3-4;/h3-6H,1-2H3;7H,1-5H2,(H,9,10);4-6H,1-3H2;1H4. The molecule has 8 nitrogen and oxygen atoms in total. The Morgan fingerprint density at radius 1 is 1.39 bits per heavy atom. The van der Waals surface area contributed by atoms with Crippen molar-refractivity contribution in [3.05, 3.63) is 29.8 Å². The van der Waals surface area contributed by atoms with Gasteiger partial charge in [0.15, 0.2) is 0 Å². The topological polar surface area (TPSA) is 111 Å². The predicted molar refractivity (Wildman–Crippen MR) is 113 cm³/mol. The van der Waals surface area contributed by atoms with Crippen LogP contribution in [0.15, 0.2) is 24.3 Å². The molecule has 2 aliphatic rings. The van der Waals surface area contributed by atoms with Crippen LogP contribution in [0.2, 0.25) is 0 Å². The molecular formula is C19H35N3O5S. The number of amides is 1. The highest BCUT2D eigenvalue weighted by molar-refractivity contribution is 7.82. The number of aliphatic hydroxyl groups is 1. The Morgan fingerprint density at radius 3 is 2.46 bits per heavy atom. The Hall–Kier alpha value is -1.68. The molecule has 1 aromatic rings. The molecule has 1 amide bonds. The molecule has 2 atom stereocenters. The van der Waals surface area contributed by atoms with Crippen LogP contribution in [0.1, 0.15) is 25.8 Å². The summed E-state index contributed by atoms with van der Waals surface area (Å²) in [6.45, 7) is 5.54. The van der Waals surface area contributed by atoms with E-state index in [0.717, 1.165) is 38.2 Å². The second-order valence-electron chi connectivity index (χ2n) is 6.20. The molecule has 162 valence electrons. The van der Waals surface area contributed by atoms with Crippen LogP contribution in [0, 0.1) is 6.92 Å². The van der Waals surface area contributed by atoms with Crippen molar-refractivity contribution >= 4 is 17.1 Å². The van der Waals surface area contributed by atoms with Crippen molar-refractivity contribution in [3.63, 3.8) is 0 Å². The first-order valence-corrected chi connectivity index (χ1v) is 10.3. The summed E-state index contributed by atoms with van der Waals surface area (Å²) in [5.41, 5.74) is 1.26. The van der Waals surface area contributed by atoms with Crippen molar-refractivity contribution in [2.45, 2.75) is 33.3 Å². The van der Waals surface area contributed by atoms with Gasteiger partial charge in [0.25, 0.3) is 0 Å². The molecule has 28 heavy (non-hydrogen) atoms. The van der Waals surface area contributed by atoms with Crippen LogP contribution in [0.25, 0.3) is 0 Å². The van der Waals surface area contributed by atoms with Gasteiger partial charge in [-0.15, -0.1) is 0 Å². The summed E-state index contributed by atoms with van der Waals surface area (Å²) in [6.07, 6.45) is 0.782. The van der Waals surface area contributed by atoms with E-state index in [1.165, 1.54) is 5.56 Å². The lowest BCUT2D eigenvalue weighted by atomic mass is 10.2. The van der Waals surface area contributed by atoms with E-state index >= 15 is 0 Å². The van der Waals surface area contributed by atoms with Crippen LogP contribution >= 0.6 is 0 Å². The minimum atomic E-state index is -1.03. The summed E-state index contributed by atoms with van der Waals surface area (Å²) in [6, 6.07) is 7.96. The lowest BCUT2D eigenvalue weighted by molar-refractivity contribution is 0.193. The van der Waals surface area contributed by atoms with Gasteiger partial charge in [-0.1, -0.05) is 25.1 Å². The average Bonchev–Trinajstić information content (AvgIpc) is 3.28. The quantitative estimate of drug-likeness (QED) is 0.592. The van der Waals surface area contributed by atoms with Crippen LogP contribution in [0.3, 0.4) is 0 Å². The molecule has 0 aromatic heterocycles. The molecule has 0 radical (unpaired) electrons. The largest absolute Gasteiger partial charge is 0.497 e. The van der Waals surface area contributed by atoms with Gasteiger partial charge in [0.05, 0.1) is 24.2 Å². The average molecular weight is 418 g/mol. The maximum absolute atomic E-state index is 11.1. The number of carbonyl (C=O) groups is 1. The monoisotopic (exact) mass is 417 g/mol. The molecule has 0 saturated carbocycles. The molecule has 0 aliphatic carbocycles. The molecule has 2 unspecified atom stereocenters. The highest BCUT2D eigenvalue weighted by atomic mass is 32.2. The van der Waals surface area contributed by atoms with E-state index in [-0.39, 0.29) is 13.5 Å². The third kappa shape index (κ3) is 11.9. The minimum Gasteiger partial charge on any atom is -0.497 e. The molecule has 2 aliphatic heterocycles. The highest BCUT2D eigenvalue weighted by Gasteiger charge is 2.18. The van der Waals surface area contributed by atoms with Crippen molar-refractivity contribution in [3.8, 4) is 5.75 Å². The fourth-order valence-corrected chi connectivity index (χ4v) is 3.67. The highest BCUT2D eigenvalue weighted by Crippen LogP contribution is 2.09. The van der Waals surface area contributed by atoms with Gasteiger partial charge in [0.2, 0.25) is 0 Å². The zero-order chi connectivity index (χ0) is 20.1. The number of hydrogen-bond donors (Lipinski definition) is 4. The van der Waals surface area contributed by atoms with Crippen LogP contribution in [-0.2, 0) is 11.0 Å². The number of aliphatic hydroxyl groups excluding tert-OH is 1. The lowest BCUT2D eigenvalue weighted by Crippen LogP contribution is -2.33. The van der Waals surface area contributed by atoms with Crippen LogP contribution < -0.4 is 15.4 Å². The smallest absolute Gasteiger partial charge is 0.404 e. The van der Waals surface area contributed by atoms with Gasteiger partial charge < -0.3 is 25.6 Å². The minimum absolute atomic E-state index is 0. The Balaban J connectivity index is 0.000000404. The van der Waals surface area contributed by atoms with Crippen molar-refractivity contribution in [2.24, 2.45) is 0 Å². The number of hydrogen-bond acceptors (Lipinski definition) is 5. The molecule has 9 heteroatoms. The number of nitrogens with one attached hydrogen (secondary N) is 2. The summed E-state index contributed by atoms with van der Waals surface area (Å²) in [5, 5.41) is 22.2. The Kier molecular flexibility index (Phi) is 14.4. The second-order valence-corrected chi connectivity index (χ2v) is 7.77. The van der Waals surface area contributed by atoms with E-state index in [1.54, 1.807) is 11.4 Å². The summed E-state index contributed by atoms with van der Waals surface area (Å²) >= 11 is 0.